The van der Waals surface area contributed by atoms with E-state index in [1.54, 1.807) is 7.11 Å². The SMILES string of the molecule is COCC(C(C)C)N1CCC(=O)CC1. The van der Waals surface area contributed by atoms with Gasteiger partial charge in [-0.1, -0.05) is 13.8 Å². The van der Waals surface area contributed by atoms with Crippen molar-refractivity contribution in [2.24, 2.45) is 5.92 Å². The number of carbonyl (C=O) groups excluding carboxylic acids is 1. The van der Waals surface area contributed by atoms with Gasteiger partial charge < -0.3 is 4.74 Å². The van der Waals surface area contributed by atoms with Crippen LogP contribution >= 0.6 is 0 Å². The first kappa shape index (κ1) is 11.7. The zero-order valence-corrected chi connectivity index (χ0v) is 9.45. The van der Waals surface area contributed by atoms with Crippen LogP contribution in [0.25, 0.3) is 0 Å². The lowest BCUT2D eigenvalue weighted by Crippen LogP contribution is -2.46. The molecule has 0 aromatic carbocycles. The number of carbonyl (C=O) groups is 1. The van der Waals surface area contributed by atoms with E-state index >= 15 is 0 Å². The quantitative estimate of drug-likeness (QED) is 0.684. The maximum atomic E-state index is 11.1. The number of nitrogens with zero attached hydrogens (tertiary/aromatic N) is 1. The van der Waals surface area contributed by atoms with Gasteiger partial charge in [-0.25, -0.2) is 0 Å². The molecule has 1 aliphatic heterocycles. The van der Waals surface area contributed by atoms with Gasteiger partial charge in [-0.3, -0.25) is 9.69 Å². The summed E-state index contributed by atoms with van der Waals surface area (Å²) in [6.07, 6.45) is 1.43. The molecule has 0 aromatic rings. The Morgan fingerprint density at radius 2 is 1.93 bits per heavy atom. The highest BCUT2D eigenvalue weighted by atomic mass is 16.5. The zero-order valence-electron chi connectivity index (χ0n) is 9.45. The Bertz CT molecular complexity index is 182. The molecule has 0 N–H and O–H groups in total. The normalized spacial score (nSPS) is 21.6. The molecular weight excluding hydrogens is 178 g/mol. The number of Topliss-reactive ketones (excluding diaryl/α,β-unsaturated/α-hetero) is 1. The third-order valence-corrected chi connectivity index (χ3v) is 2.93. The van der Waals surface area contributed by atoms with Gasteiger partial charge in [0.05, 0.1) is 6.61 Å². The highest BCUT2D eigenvalue weighted by Gasteiger charge is 2.25. The summed E-state index contributed by atoms with van der Waals surface area (Å²) in [5.74, 6) is 0.990. The molecular formula is C11H21NO2. The van der Waals surface area contributed by atoms with Crippen molar-refractivity contribution in [3.05, 3.63) is 0 Å². The molecule has 1 aliphatic rings. The summed E-state index contributed by atoms with van der Waals surface area (Å²) in [6.45, 7) is 7.00. The van der Waals surface area contributed by atoms with E-state index in [0.717, 1.165) is 19.7 Å². The fourth-order valence-corrected chi connectivity index (χ4v) is 2.00. The standard InChI is InChI=1S/C11H21NO2/c1-9(2)11(8-14-3)12-6-4-10(13)5-7-12/h9,11H,4-8H2,1-3H3. The summed E-state index contributed by atoms with van der Waals surface area (Å²) in [5, 5.41) is 0. The van der Waals surface area contributed by atoms with Crippen molar-refractivity contribution >= 4 is 5.78 Å². The topological polar surface area (TPSA) is 29.5 Å². The Morgan fingerprint density at radius 3 is 2.36 bits per heavy atom. The van der Waals surface area contributed by atoms with E-state index in [0.29, 0.717) is 30.6 Å². The maximum absolute atomic E-state index is 11.1. The molecule has 1 rings (SSSR count). The maximum Gasteiger partial charge on any atom is 0.135 e. The minimum absolute atomic E-state index is 0.404. The van der Waals surface area contributed by atoms with Crippen LogP contribution in [0, 0.1) is 5.92 Å². The van der Waals surface area contributed by atoms with Crippen LogP contribution in [-0.2, 0) is 9.53 Å². The third kappa shape index (κ3) is 3.07. The lowest BCUT2D eigenvalue weighted by atomic mass is 10.00. The van der Waals surface area contributed by atoms with Crippen LogP contribution in [0.2, 0.25) is 0 Å². The van der Waals surface area contributed by atoms with Crippen LogP contribution in [0.5, 0.6) is 0 Å². The number of hydrogen-bond acceptors (Lipinski definition) is 3. The molecule has 0 amide bonds. The Hall–Kier alpha value is -0.410. The largest absolute Gasteiger partial charge is 0.383 e. The first-order valence-electron chi connectivity index (χ1n) is 5.40. The lowest BCUT2D eigenvalue weighted by Gasteiger charge is -2.36. The third-order valence-electron chi connectivity index (χ3n) is 2.93. The van der Waals surface area contributed by atoms with Crippen molar-refractivity contribution in [2.75, 3.05) is 26.8 Å². The number of ketones is 1. The van der Waals surface area contributed by atoms with Crippen LogP contribution in [0.3, 0.4) is 0 Å². The average Bonchev–Trinajstić information content (AvgIpc) is 2.15. The summed E-state index contributed by atoms with van der Waals surface area (Å²) in [6, 6.07) is 0.466. The number of likely N-dealkylation sites (tertiary alicyclic amines) is 1. The second-order valence-corrected chi connectivity index (χ2v) is 4.34. The Morgan fingerprint density at radius 1 is 1.36 bits per heavy atom. The van der Waals surface area contributed by atoms with Crippen LogP contribution < -0.4 is 0 Å². The monoisotopic (exact) mass is 199 g/mol. The minimum Gasteiger partial charge on any atom is -0.383 e. The molecule has 0 radical (unpaired) electrons. The molecule has 1 saturated heterocycles. The Balaban J connectivity index is 2.47. The molecule has 1 fully saturated rings. The van der Waals surface area contributed by atoms with Crippen molar-refractivity contribution in [1.29, 1.82) is 0 Å². The molecule has 3 nitrogen and oxygen atoms in total. The molecule has 0 saturated carbocycles. The van der Waals surface area contributed by atoms with Crippen LogP contribution in [-0.4, -0.2) is 43.5 Å². The molecule has 1 atom stereocenters. The summed E-state index contributed by atoms with van der Waals surface area (Å²) >= 11 is 0. The lowest BCUT2D eigenvalue weighted by molar-refractivity contribution is -0.122. The van der Waals surface area contributed by atoms with Crippen molar-refractivity contribution in [3.8, 4) is 0 Å². The van der Waals surface area contributed by atoms with E-state index in [2.05, 4.69) is 18.7 Å². The second-order valence-electron chi connectivity index (χ2n) is 4.34. The molecule has 1 heterocycles. The van der Waals surface area contributed by atoms with Crippen molar-refractivity contribution in [1.82, 2.24) is 4.90 Å². The molecule has 0 aliphatic carbocycles. The Labute approximate surface area is 86.4 Å². The minimum atomic E-state index is 0.404. The zero-order chi connectivity index (χ0) is 10.6. The van der Waals surface area contributed by atoms with Gasteiger partial charge in [0.2, 0.25) is 0 Å². The summed E-state index contributed by atoms with van der Waals surface area (Å²) in [4.78, 5) is 13.5. The second kappa shape index (κ2) is 5.47. The van der Waals surface area contributed by atoms with E-state index in [1.165, 1.54) is 0 Å². The van der Waals surface area contributed by atoms with Gasteiger partial charge >= 0.3 is 0 Å². The fourth-order valence-electron chi connectivity index (χ4n) is 2.00. The summed E-state index contributed by atoms with van der Waals surface area (Å²) < 4.78 is 5.22. The van der Waals surface area contributed by atoms with Crippen LogP contribution in [0.15, 0.2) is 0 Å². The number of piperidine rings is 1. The van der Waals surface area contributed by atoms with Gasteiger partial charge in [0, 0.05) is 39.1 Å². The number of hydrogen-bond donors (Lipinski definition) is 0. The van der Waals surface area contributed by atoms with Gasteiger partial charge in [-0.05, 0) is 5.92 Å². The molecule has 1 unspecified atom stereocenters. The van der Waals surface area contributed by atoms with Crippen LogP contribution in [0.1, 0.15) is 26.7 Å². The van der Waals surface area contributed by atoms with Gasteiger partial charge in [0.25, 0.3) is 0 Å². The van der Waals surface area contributed by atoms with Gasteiger partial charge in [-0.15, -0.1) is 0 Å². The number of methoxy groups -OCH3 is 1. The summed E-state index contributed by atoms with van der Waals surface area (Å²) in [5.41, 5.74) is 0. The molecule has 0 aromatic heterocycles. The Kier molecular flexibility index (Phi) is 4.55. The fraction of sp³-hybridized carbons (Fsp3) is 0.909. The molecule has 3 heteroatoms. The molecule has 0 spiro atoms. The molecule has 14 heavy (non-hydrogen) atoms. The highest BCUT2D eigenvalue weighted by Crippen LogP contribution is 2.16. The van der Waals surface area contributed by atoms with Crippen LogP contribution in [0.4, 0.5) is 0 Å². The highest BCUT2D eigenvalue weighted by molar-refractivity contribution is 5.79. The molecule has 82 valence electrons. The number of rotatable bonds is 4. The summed E-state index contributed by atoms with van der Waals surface area (Å²) in [7, 11) is 1.74. The predicted molar refractivity (Wildman–Crippen MR) is 56.3 cm³/mol. The van der Waals surface area contributed by atoms with Gasteiger partial charge in [0.1, 0.15) is 5.78 Å². The predicted octanol–water partition coefficient (Wildman–Crippen LogP) is 1.32. The van der Waals surface area contributed by atoms with Crippen molar-refractivity contribution in [2.45, 2.75) is 32.7 Å². The van der Waals surface area contributed by atoms with E-state index in [4.69, 9.17) is 4.74 Å². The number of ether oxygens (including phenoxy) is 1. The van der Waals surface area contributed by atoms with Gasteiger partial charge in [-0.2, -0.15) is 0 Å². The first-order valence-corrected chi connectivity index (χ1v) is 5.40. The van der Waals surface area contributed by atoms with E-state index in [1.807, 2.05) is 0 Å². The smallest absolute Gasteiger partial charge is 0.135 e. The van der Waals surface area contributed by atoms with E-state index in [9.17, 15) is 4.79 Å². The van der Waals surface area contributed by atoms with Crippen molar-refractivity contribution in [3.63, 3.8) is 0 Å². The van der Waals surface area contributed by atoms with Gasteiger partial charge in [0.15, 0.2) is 0 Å². The first-order chi connectivity index (χ1) is 6.65. The van der Waals surface area contributed by atoms with E-state index < -0.39 is 0 Å². The van der Waals surface area contributed by atoms with Crippen molar-refractivity contribution < 1.29 is 9.53 Å². The van der Waals surface area contributed by atoms with E-state index in [-0.39, 0.29) is 0 Å². The molecule has 0 bridgehead atoms. The average molecular weight is 199 g/mol.